The molecule has 0 bridgehead atoms. The molecule has 3 aromatic rings. The molecule has 1 amide bonds. The molecule has 3 aromatic carbocycles. The Labute approximate surface area is 261 Å². The van der Waals surface area contributed by atoms with Crippen LogP contribution >= 0.6 is 0 Å². The number of nitrogens with zero attached hydrogens (tertiary/aromatic N) is 1. The van der Waals surface area contributed by atoms with Crippen LogP contribution in [0.4, 0.5) is 0 Å². The average Bonchev–Trinajstić information content (AvgIpc) is 3.50. The lowest BCUT2D eigenvalue weighted by Crippen LogP contribution is -2.43. The Hall–Kier alpha value is -3.79. The monoisotopic (exact) mass is 606 g/mol. The van der Waals surface area contributed by atoms with Crippen LogP contribution in [0.5, 0.6) is 23.0 Å². The second-order valence-electron chi connectivity index (χ2n) is 11.1. The molecule has 0 aromatic heterocycles. The first kappa shape index (κ1) is 33.1. The topological polar surface area (TPSA) is 87.7 Å². The quantitative estimate of drug-likeness (QED) is 0.216. The number of amides is 1. The van der Waals surface area contributed by atoms with E-state index in [0.29, 0.717) is 43.4 Å². The maximum absolute atomic E-state index is 13.8. The molecule has 238 valence electrons. The van der Waals surface area contributed by atoms with Crippen molar-refractivity contribution in [1.82, 2.24) is 10.2 Å². The van der Waals surface area contributed by atoms with E-state index < -0.39 is 0 Å². The number of carbonyl (C=O) groups excluding carboxylic acids is 1. The number of ether oxygens (including phenoxy) is 6. The van der Waals surface area contributed by atoms with Gasteiger partial charge in [0.15, 0.2) is 11.5 Å². The van der Waals surface area contributed by atoms with Crippen LogP contribution in [0.25, 0.3) is 11.1 Å². The van der Waals surface area contributed by atoms with Crippen LogP contribution in [0.1, 0.15) is 36.2 Å². The summed E-state index contributed by atoms with van der Waals surface area (Å²) in [6.07, 6.45) is 0.709. The average molecular weight is 607 g/mol. The summed E-state index contributed by atoms with van der Waals surface area (Å²) in [6, 6.07) is 19.4. The van der Waals surface area contributed by atoms with Gasteiger partial charge in [-0.05, 0) is 67.4 Å². The summed E-state index contributed by atoms with van der Waals surface area (Å²) in [7, 11) is 6.58. The summed E-state index contributed by atoms with van der Waals surface area (Å²) < 4.78 is 34.0. The first-order chi connectivity index (χ1) is 21.4. The molecule has 0 radical (unpaired) electrons. The number of nitrogens with one attached hydrogen (secondary N) is 1. The molecule has 9 heteroatoms. The number of hydrogen-bond acceptors (Lipinski definition) is 8. The maximum atomic E-state index is 13.8. The molecule has 0 spiro atoms. The Morgan fingerprint density at radius 3 is 2.41 bits per heavy atom. The Kier molecular flexibility index (Phi) is 12.3. The fourth-order valence-corrected chi connectivity index (χ4v) is 5.41. The minimum absolute atomic E-state index is 0.00597. The normalized spacial score (nSPS) is 16.2. The first-order valence-corrected chi connectivity index (χ1v) is 15.1. The van der Waals surface area contributed by atoms with Gasteiger partial charge in [-0.25, -0.2) is 0 Å². The van der Waals surface area contributed by atoms with Gasteiger partial charge in [0.2, 0.25) is 0 Å². The molecule has 1 N–H and O–H groups in total. The molecule has 0 saturated carbocycles. The standard InChI is InChI=1S/C35H46N2O7/c1-24(2)37(35(38)27-11-13-32(42-6)33(18-27)43-16-8-15-39-3)22-28-20-36-21-34(28)44-23-25-9-7-10-26(17-25)30-19-29(40-4)12-14-31(30)41-5/h7,9-14,17-19,24,28,34,36H,8,15-16,20-23H2,1-6H3/t28-,34+/m0/s1. The van der Waals surface area contributed by atoms with Crippen molar-refractivity contribution in [3.8, 4) is 34.1 Å². The van der Waals surface area contributed by atoms with Gasteiger partial charge in [0, 0.05) is 62.9 Å². The second kappa shape index (κ2) is 16.3. The smallest absolute Gasteiger partial charge is 0.254 e. The van der Waals surface area contributed by atoms with E-state index in [0.717, 1.165) is 47.7 Å². The van der Waals surface area contributed by atoms with E-state index in [1.807, 2.05) is 43.0 Å². The largest absolute Gasteiger partial charge is 0.497 e. The Balaban J connectivity index is 1.43. The molecular weight excluding hydrogens is 560 g/mol. The van der Waals surface area contributed by atoms with Crippen LogP contribution in [0.3, 0.4) is 0 Å². The second-order valence-corrected chi connectivity index (χ2v) is 11.1. The van der Waals surface area contributed by atoms with Gasteiger partial charge in [0.1, 0.15) is 11.5 Å². The zero-order valence-corrected chi connectivity index (χ0v) is 26.8. The number of rotatable bonds is 16. The summed E-state index contributed by atoms with van der Waals surface area (Å²) in [6.45, 7) is 7.70. The van der Waals surface area contributed by atoms with Crippen LogP contribution in [0.2, 0.25) is 0 Å². The van der Waals surface area contributed by atoms with E-state index in [1.165, 1.54) is 0 Å². The van der Waals surface area contributed by atoms with Crippen LogP contribution in [-0.2, 0) is 16.1 Å². The van der Waals surface area contributed by atoms with E-state index in [-0.39, 0.29) is 24.0 Å². The molecule has 1 aliphatic heterocycles. The molecular formula is C35H46N2O7. The highest BCUT2D eigenvalue weighted by molar-refractivity contribution is 5.95. The molecule has 2 atom stereocenters. The number of carbonyl (C=O) groups is 1. The third-order valence-electron chi connectivity index (χ3n) is 7.86. The highest BCUT2D eigenvalue weighted by Gasteiger charge is 2.32. The first-order valence-electron chi connectivity index (χ1n) is 15.1. The zero-order valence-electron chi connectivity index (χ0n) is 26.8. The van der Waals surface area contributed by atoms with E-state index in [4.69, 9.17) is 28.4 Å². The van der Waals surface area contributed by atoms with Crippen molar-refractivity contribution < 1.29 is 33.2 Å². The third kappa shape index (κ3) is 8.43. The molecule has 4 rings (SSSR count). The lowest BCUT2D eigenvalue weighted by molar-refractivity contribution is 0.0129. The lowest BCUT2D eigenvalue weighted by atomic mass is 10.0. The van der Waals surface area contributed by atoms with Crippen molar-refractivity contribution in [2.75, 3.05) is 61.3 Å². The van der Waals surface area contributed by atoms with Gasteiger partial charge < -0.3 is 38.6 Å². The van der Waals surface area contributed by atoms with Crippen molar-refractivity contribution in [2.24, 2.45) is 5.92 Å². The molecule has 1 heterocycles. The van der Waals surface area contributed by atoms with E-state index in [1.54, 1.807) is 46.6 Å². The van der Waals surface area contributed by atoms with Crippen molar-refractivity contribution in [2.45, 2.75) is 39.0 Å². The minimum Gasteiger partial charge on any atom is -0.497 e. The predicted octanol–water partition coefficient (Wildman–Crippen LogP) is 5.45. The highest BCUT2D eigenvalue weighted by Crippen LogP contribution is 2.34. The number of methoxy groups -OCH3 is 4. The molecule has 0 unspecified atom stereocenters. The molecule has 0 aliphatic carbocycles. The molecule has 44 heavy (non-hydrogen) atoms. The van der Waals surface area contributed by atoms with Gasteiger partial charge in [0.05, 0.1) is 40.6 Å². The maximum Gasteiger partial charge on any atom is 0.254 e. The summed E-state index contributed by atoms with van der Waals surface area (Å²) in [5.74, 6) is 2.80. The van der Waals surface area contributed by atoms with E-state index in [9.17, 15) is 4.79 Å². The van der Waals surface area contributed by atoms with Crippen molar-refractivity contribution in [1.29, 1.82) is 0 Å². The van der Waals surface area contributed by atoms with Gasteiger partial charge in [-0.1, -0.05) is 18.2 Å². The fraction of sp³-hybridized carbons (Fsp3) is 0.457. The molecule has 1 aliphatic rings. The van der Waals surface area contributed by atoms with Gasteiger partial charge in [-0.15, -0.1) is 0 Å². The van der Waals surface area contributed by atoms with Gasteiger partial charge >= 0.3 is 0 Å². The zero-order chi connectivity index (χ0) is 31.5. The molecule has 1 fully saturated rings. The third-order valence-corrected chi connectivity index (χ3v) is 7.86. The Bertz CT molecular complexity index is 1360. The van der Waals surface area contributed by atoms with Crippen molar-refractivity contribution in [3.63, 3.8) is 0 Å². The SMILES string of the molecule is COCCCOc1cc(C(=O)N(C[C@@H]2CNC[C@H]2OCc2cccc(-c3cc(OC)ccc3OC)c2)C(C)C)ccc1OC. The predicted molar refractivity (Wildman–Crippen MR) is 171 cm³/mol. The van der Waals surface area contributed by atoms with E-state index >= 15 is 0 Å². The lowest BCUT2D eigenvalue weighted by Gasteiger charge is -2.31. The van der Waals surface area contributed by atoms with Crippen LogP contribution < -0.4 is 24.3 Å². The van der Waals surface area contributed by atoms with Crippen LogP contribution in [-0.4, -0.2) is 84.2 Å². The summed E-state index contributed by atoms with van der Waals surface area (Å²) in [4.78, 5) is 15.7. The Morgan fingerprint density at radius 2 is 1.68 bits per heavy atom. The Morgan fingerprint density at radius 1 is 0.886 bits per heavy atom. The number of benzene rings is 3. The van der Waals surface area contributed by atoms with Crippen molar-refractivity contribution in [3.05, 3.63) is 71.8 Å². The van der Waals surface area contributed by atoms with Crippen LogP contribution in [0, 0.1) is 5.92 Å². The minimum atomic E-state index is -0.0463. The van der Waals surface area contributed by atoms with Gasteiger partial charge in [0.25, 0.3) is 5.91 Å². The van der Waals surface area contributed by atoms with Gasteiger partial charge in [-0.2, -0.15) is 0 Å². The molecule has 9 nitrogen and oxygen atoms in total. The highest BCUT2D eigenvalue weighted by atomic mass is 16.5. The summed E-state index contributed by atoms with van der Waals surface area (Å²) >= 11 is 0. The van der Waals surface area contributed by atoms with E-state index in [2.05, 4.69) is 23.5 Å². The summed E-state index contributed by atoms with van der Waals surface area (Å²) in [5.41, 5.74) is 3.61. The fourth-order valence-electron chi connectivity index (χ4n) is 5.41. The van der Waals surface area contributed by atoms with Crippen molar-refractivity contribution >= 4 is 5.91 Å². The number of hydrogen-bond donors (Lipinski definition) is 1. The van der Waals surface area contributed by atoms with Crippen LogP contribution in [0.15, 0.2) is 60.7 Å². The molecule has 1 saturated heterocycles. The summed E-state index contributed by atoms with van der Waals surface area (Å²) in [5, 5.41) is 3.46. The van der Waals surface area contributed by atoms with Gasteiger partial charge in [-0.3, -0.25) is 4.79 Å².